The number of halogens is 4. The Hall–Kier alpha value is -3.79. The van der Waals surface area contributed by atoms with E-state index in [-0.39, 0.29) is 33.8 Å². The van der Waals surface area contributed by atoms with E-state index in [1.165, 1.54) is 36.6 Å². The molecule has 0 unspecified atom stereocenters. The second kappa shape index (κ2) is 9.15. The number of ether oxygens (including phenoxy) is 1. The lowest BCUT2D eigenvalue weighted by Crippen LogP contribution is -2.16. The molecule has 164 valence electrons. The Kier molecular flexibility index (Phi) is 6.13. The van der Waals surface area contributed by atoms with Crippen molar-refractivity contribution in [1.29, 1.82) is 0 Å². The van der Waals surface area contributed by atoms with E-state index >= 15 is 0 Å². The fourth-order valence-corrected chi connectivity index (χ4v) is 2.91. The minimum absolute atomic E-state index is 0.0654. The first-order valence-electron chi connectivity index (χ1n) is 9.10. The van der Waals surface area contributed by atoms with E-state index in [0.29, 0.717) is 11.3 Å². The van der Waals surface area contributed by atoms with E-state index in [1.54, 1.807) is 12.1 Å². The first-order chi connectivity index (χ1) is 15.4. The predicted octanol–water partition coefficient (Wildman–Crippen LogP) is 5.69. The second-order valence-corrected chi connectivity index (χ2v) is 6.82. The van der Waals surface area contributed by atoms with Crippen LogP contribution in [0.25, 0.3) is 23.1 Å². The number of furan rings is 1. The van der Waals surface area contributed by atoms with Crippen molar-refractivity contribution in [3.63, 3.8) is 0 Å². The van der Waals surface area contributed by atoms with Crippen molar-refractivity contribution in [3.8, 4) is 28.9 Å². The van der Waals surface area contributed by atoms with Crippen molar-refractivity contribution in [2.75, 3.05) is 11.9 Å². The quantitative estimate of drug-likeness (QED) is 0.379. The molecule has 0 fully saturated rings. The molecule has 0 saturated heterocycles. The van der Waals surface area contributed by atoms with Gasteiger partial charge in [0.2, 0.25) is 5.89 Å². The Morgan fingerprint density at radius 3 is 2.69 bits per heavy atom. The van der Waals surface area contributed by atoms with Gasteiger partial charge in [-0.15, -0.1) is 10.2 Å². The molecule has 0 aliphatic carbocycles. The highest BCUT2D eigenvalue weighted by atomic mass is 35.5. The number of anilines is 1. The van der Waals surface area contributed by atoms with Crippen LogP contribution in [-0.4, -0.2) is 29.1 Å². The molecule has 0 aliphatic rings. The molecule has 1 N–H and O–H groups in total. The molecular formula is C21H13ClF3N3O4. The van der Waals surface area contributed by atoms with E-state index in [0.717, 1.165) is 6.07 Å². The zero-order valence-corrected chi connectivity index (χ0v) is 16.8. The molecule has 4 aromatic rings. The SMILES string of the molecule is O=C(Nc1cc(-c2nnc(-c3ccco3)o2)ccc1F)c1cc(Cl)ccc1OCC(F)F. The highest BCUT2D eigenvalue weighted by Crippen LogP contribution is 2.29. The maximum atomic E-state index is 14.4. The standard InChI is InChI=1S/C21H13ClF3N3O4/c22-12-4-6-16(31-10-18(24)25)13(9-12)19(29)26-15-8-11(3-5-14(15)23)20-27-28-21(32-20)17-2-1-7-30-17/h1-9,18H,10H2,(H,26,29). The van der Waals surface area contributed by atoms with Crippen molar-refractivity contribution < 1.29 is 31.5 Å². The lowest BCUT2D eigenvalue weighted by atomic mass is 10.1. The summed E-state index contributed by atoms with van der Waals surface area (Å²) < 4.78 is 55.1. The molecule has 4 rings (SSSR count). The Balaban J connectivity index is 1.59. The molecule has 2 aromatic carbocycles. The largest absolute Gasteiger partial charge is 0.487 e. The Morgan fingerprint density at radius 2 is 1.94 bits per heavy atom. The third-order valence-corrected chi connectivity index (χ3v) is 4.40. The molecule has 0 spiro atoms. The number of amides is 1. The fourth-order valence-electron chi connectivity index (χ4n) is 2.74. The summed E-state index contributed by atoms with van der Waals surface area (Å²) >= 11 is 5.91. The van der Waals surface area contributed by atoms with Gasteiger partial charge in [0.15, 0.2) is 5.76 Å². The first kappa shape index (κ1) is 21.4. The molecule has 0 radical (unpaired) electrons. The van der Waals surface area contributed by atoms with Gasteiger partial charge in [0.05, 0.1) is 17.5 Å². The zero-order chi connectivity index (χ0) is 22.7. The summed E-state index contributed by atoms with van der Waals surface area (Å²) in [6.07, 6.45) is -1.30. The number of aromatic nitrogens is 2. The van der Waals surface area contributed by atoms with Crippen LogP contribution < -0.4 is 10.1 Å². The van der Waals surface area contributed by atoms with Crippen molar-refractivity contribution in [2.45, 2.75) is 6.43 Å². The predicted molar refractivity (Wildman–Crippen MR) is 108 cm³/mol. The van der Waals surface area contributed by atoms with Gasteiger partial charge in [0.1, 0.15) is 18.2 Å². The lowest BCUT2D eigenvalue weighted by molar-refractivity contribution is 0.0803. The number of carbonyl (C=O) groups is 1. The van der Waals surface area contributed by atoms with E-state index in [2.05, 4.69) is 15.5 Å². The molecule has 11 heteroatoms. The summed E-state index contributed by atoms with van der Waals surface area (Å²) in [6, 6.07) is 11.0. The van der Waals surface area contributed by atoms with Crippen LogP contribution >= 0.6 is 11.6 Å². The normalized spacial score (nSPS) is 11.0. The highest BCUT2D eigenvalue weighted by Gasteiger charge is 2.19. The van der Waals surface area contributed by atoms with Crippen LogP contribution in [0.5, 0.6) is 5.75 Å². The number of alkyl halides is 2. The molecule has 1 amide bonds. The van der Waals surface area contributed by atoms with Crippen LogP contribution in [0.2, 0.25) is 5.02 Å². The molecule has 2 heterocycles. The van der Waals surface area contributed by atoms with Crippen LogP contribution in [0.4, 0.5) is 18.9 Å². The fraction of sp³-hybridized carbons (Fsp3) is 0.0952. The number of nitrogens with zero attached hydrogens (tertiary/aromatic N) is 2. The van der Waals surface area contributed by atoms with Crippen molar-refractivity contribution >= 4 is 23.2 Å². The zero-order valence-electron chi connectivity index (χ0n) is 16.0. The Morgan fingerprint density at radius 1 is 1.12 bits per heavy atom. The number of carbonyl (C=O) groups excluding carboxylic acids is 1. The van der Waals surface area contributed by atoms with E-state index < -0.39 is 24.8 Å². The third-order valence-electron chi connectivity index (χ3n) is 4.17. The van der Waals surface area contributed by atoms with Crippen LogP contribution in [0.15, 0.2) is 63.6 Å². The summed E-state index contributed by atoms with van der Waals surface area (Å²) in [5.74, 6) is -1.13. The van der Waals surface area contributed by atoms with E-state index in [9.17, 15) is 18.0 Å². The molecule has 0 aliphatic heterocycles. The van der Waals surface area contributed by atoms with Gasteiger partial charge in [-0.25, -0.2) is 13.2 Å². The number of nitrogens with one attached hydrogen (secondary N) is 1. The minimum Gasteiger partial charge on any atom is -0.487 e. The topological polar surface area (TPSA) is 90.4 Å². The maximum absolute atomic E-state index is 14.4. The number of hydrogen-bond donors (Lipinski definition) is 1. The van der Waals surface area contributed by atoms with Crippen molar-refractivity contribution in [1.82, 2.24) is 10.2 Å². The summed E-state index contributed by atoms with van der Waals surface area (Å²) in [7, 11) is 0. The highest BCUT2D eigenvalue weighted by molar-refractivity contribution is 6.31. The van der Waals surface area contributed by atoms with E-state index in [4.69, 9.17) is 25.2 Å². The van der Waals surface area contributed by atoms with Gasteiger partial charge in [0, 0.05) is 10.6 Å². The molecular weight excluding hydrogens is 451 g/mol. The third kappa shape index (κ3) is 4.75. The van der Waals surface area contributed by atoms with Gasteiger partial charge in [-0.1, -0.05) is 11.6 Å². The Labute approximate surface area is 183 Å². The smallest absolute Gasteiger partial charge is 0.283 e. The molecule has 7 nitrogen and oxygen atoms in total. The van der Waals surface area contributed by atoms with Gasteiger partial charge >= 0.3 is 0 Å². The van der Waals surface area contributed by atoms with Crippen LogP contribution in [0.1, 0.15) is 10.4 Å². The lowest BCUT2D eigenvalue weighted by Gasteiger charge is -2.13. The Bertz CT molecular complexity index is 1250. The summed E-state index contributed by atoms with van der Waals surface area (Å²) in [6.45, 7) is -0.916. The van der Waals surface area contributed by atoms with Gasteiger partial charge in [0.25, 0.3) is 18.2 Å². The molecule has 0 saturated carbocycles. The average Bonchev–Trinajstić information content (AvgIpc) is 3.46. The van der Waals surface area contributed by atoms with Crippen LogP contribution in [-0.2, 0) is 0 Å². The van der Waals surface area contributed by atoms with Gasteiger partial charge in [-0.05, 0) is 48.5 Å². The number of hydrogen-bond acceptors (Lipinski definition) is 6. The average molecular weight is 464 g/mol. The van der Waals surface area contributed by atoms with Gasteiger partial charge in [-0.3, -0.25) is 4.79 Å². The van der Waals surface area contributed by atoms with Crippen molar-refractivity contribution in [3.05, 3.63) is 71.2 Å². The van der Waals surface area contributed by atoms with Crippen molar-refractivity contribution in [2.24, 2.45) is 0 Å². The molecule has 32 heavy (non-hydrogen) atoms. The number of rotatable bonds is 7. The summed E-state index contributed by atoms with van der Waals surface area (Å²) in [5.41, 5.74) is -0.0156. The van der Waals surface area contributed by atoms with Crippen LogP contribution in [0.3, 0.4) is 0 Å². The second-order valence-electron chi connectivity index (χ2n) is 6.38. The maximum Gasteiger partial charge on any atom is 0.283 e. The van der Waals surface area contributed by atoms with E-state index in [1.807, 2.05) is 0 Å². The van der Waals surface area contributed by atoms with Crippen LogP contribution in [0, 0.1) is 5.82 Å². The summed E-state index contributed by atoms with van der Waals surface area (Å²) in [5, 5.41) is 10.3. The minimum atomic E-state index is -2.74. The molecule has 0 bridgehead atoms. The monoisotopic (exact) mass is 463 g/mol. The molecule has 0 atom stereocenters. The molecule has 2 aromatic heterocycles. The summed E-state index contributed by atoms with van der Waals surface area (Å²) in [4.78, 5) is 12.7. The number of benzene rings is 2. The van der Waals surface area contributed by atoms with Gasteiger partial charge < -0.3 is 18.9 Å². The first-order valence-corrected chi connectivity index (χ1v) is 9.47. The van der Waals surface area contributed by atoms with Gasteiger partial charge in [-0.2, -0.15) is 0 Å².